The predicted octanol–water partition coefficient (Wildman–Crippen LogP) is -0.413. The van der Waals surface area contributed by atoms with E-state index in [-0.39, 0.29) is 4.90 Å². The minimum Gasteiger partial charge on any atom is -0.412 e. The van der Waals surface area contributed by atoms with E-state index in [1.807, 2.05) is 0 Å². The van der Waals surface area contributed by atoms with Gasteiger partial charge in [0.15, 0.2) is 0 Å². The second-order valence-corrected chi connectivity index (χ2v) is 3.70. The van der Waals surface area contributed by atoms with Gasteiger partial charge in [-0.3, -0.25) is 0 Å². The monoisotopic (exact) mass is 188 g/mol. The maximum atomic E-state index is 10.7. The molecule has 0 amide bonds. The highest BCUT2D eigenvalue weighted by atomic mass is 32.2. The molecule has 1 rings (SSSR count). The average molecular weight is 188 g/mol. The van der Waals surface area contributed by atoms with Gasteiger partial charge in [-0.15, -0.1) is 0 Å². The molecule has 0 radical (unpaired) electrons. The number of hydrogen-bond acceptors (Lipinski definition) is 4. The molecule has 12 heavy (non-hydrogen) atoms. The molecule has 0 saturated heterocycles. The van der Waals surface area contributed by atoms with Gasteiger partial charge in [0.1, 0.15) is 5.75 Å². The van der Waals surface area contributed by atoms with Crippen LogP contribution in [0, 0.1) is 0 Å². The largest absolute Gasteiger partial charge is 0.412 e. The lowest BCUT2D eigenvalue weighted by Crippen LogP contribution is -2.12. The molecule has 0 atom stereocenters. The van der Waals surface area contributed by atoms with E-state index in [0.717, 1.165) is 0 Å². The molecule has 66 valence electrons. The summed E-state index contributed by atoms with van der Waals surface area (Å²) in [6.07, 6.45) is 0. The van der Waals surface area contributed by atoms with Crippen LogP contribution in [-0.4, -0.2) is 8.42 Å². The van der Waals surface area contributed by atoms with Gasteiger partial charge < -0.3 is 4.84 Å². The van der Waals surface area contributed by atoms with Crippen LogP contribution in [-0.2, 0) is 10.0 Å². The highest BCUT2D eigenvalue weighted by Crippen LogP contribution is 2.12. The molecule has 0 bridgehead atoms. The number of primary sulfonamides is 1. The van der Waals surface area contributed by atoms with Crippen molar-refractivity contribution in [3.63, 3.8) is 0 Å². The van der Waals surface area contributed by atoms with Gasteiger partial charge in [0.2, 0.25) is 10.0 Å². The second kappa shape index (κ2) is 3.10. The first-order valence-electron chi connectivity index (χ1n) is 3.03. The van der Waals surface area contributed by atoms with E-state index in [1.54, 1.807) is 0 Å². The minimum atomic E-state index is -3.62. The molecule has 1 aromatic rings. The number of hydrogen-bond donors (Lipinski definition) is 2. The van der Waals surface area contributed by atoms with Gasteiger partial charge in [-0.1, -0.05) is 0 Å². The van der Waals surface area contributed by atoms with E-state index in [0.29, 0.717) is 5.75 Å². The fraction of sp³-hybridized carbons (Fsp3) is 0. The third-order valence-corrected chi connectivity index (χ3v) is 2.22. The Kier molecular flexibility index (Phi) is 2.32. The Labute approximate surface area is 69.9 Å². The number of rotatable bonds is 2. The molecular formula is C6H8N2O3S. The van der Waals surface area contributed by atoms with Gasteiger partial charge in [0, 0.05) is 0 Å². The van der Waals surface area contributed by atoms with E-state index in [9.17, 15) is 8.42 Å². The summed E-state index contributed by atoms with van der Waals surface area (Å²) in [6.45, 7) is 0. The molecule has 0 aliphatic rings. The smallest absolute Gasteiger partial charge is 0.238 e. The Bertz CT molecular complexity index is 357. The average Bonchev–Trinajstić information content (AvgIpc) is 2.03. The van der Waals surface area contributed by atoms with Gasteiger partial charge in [-0.05, 0) is 24.3 Å². The summed E-state index contributed by atoms with van der Waals surface area (Å²) in [4.78, 5) is 4.38. The zero-order valence-electron chi connectivity index (χ0n) is 6.10. The quantitative estimate of drug-likeness (QED) is 0.616. The molecule has 1 aromatic carbocycles. The molecule has 5 nitrogen and oxygen atoms in total. The maximum Gasteiger partial charge on any atom is 0.238 e. The molecule has 0 heterocycles. The summed E-state index contributed by atoms with van der Waals surface area (Å²) in [5.41, 5.74) is 0. The SMILES string of the molecule is NOc1ccc(S(N)(=O)=O)cc1. The first kappa shape index (κ1) is 8.98. The minimum absolute atomic E-state index is 0.0308. The maximum absolute atomic E-state index is 10.7. The lowest BCUT2D eigenvalue weighted by atomic mass is 10.3. The molecule has 0 aromatic heterocycles. The van der Waals surface area contributed by atoms with E-state index in [2.05, 4.69) is 4.84 Å². The summed E-state index contributed by atoms with van der Waals surface area (Å²) in [5, 5.41) is 4.85. The Morgan fingerprint density at radius 1 is 1.17 bits per heavy atom. The van der Waals surface area contributed by atoms with Crippen molar-refractivity contribution in [1.29, 1.82) is 0 Å². The third-order valence-electron chi connectivity index (χ3n) is 1.29. The van der Waals surface area contributed by atoms with Crippen LogP contribution in [0.3, 0.4) is 0 Å². The molecule has 0 aliphatic carbocycles. The van der Waals surface area contributed by atoms with Crippen molar-refractivity contribution in [3.05, 3.63) is 24.3 Å². The van der Waals surface area contributed by atoms with Crippen LogP contribution in [0.25, 0.3) is 0 Å². The number of benzene rings is 1. The van der Waals surface area contributed by atoms with Crippen molar-refractivity contribution in [1.82, 2.24) is 0 Å². The standard InChI is InChI=1S/C6H8N2O3S/c7-11-5-1-3-6(4-2-5)12(8,9)10/h1-4H,7H2,(H2,8,9,10). The van der Waals surface area contributed by atoms with Crippen molar-refractivity contribution in [2.24, 2.45) is 11.0 Å². The molecule has 0 unspecified atom stereocenters. The van der Waals surface area contributed by atoms with Gasteiger partial charge in [-0.25, -0.2) is 13.6 Å². The fourth-order valence-electron chi connectivity index (χ4n) is 0.708. The molecule has 0 fully saturated rings. The van der Waals surface area contributed by atoms with Crippen LogP contribution < -0.4 is 15.9 Å². The van der Waals surface area contributed by atoms with Crippen LogP contribution >= 0.6 is 0 Å². The summed E-state index contributed by atoms with van der Waals surface area (Å²) in [6, 6.07) is 5.47. The molecule has 0 saturated carbocycles. The van der Waals surface area contributed by atoms with Gasteiger partial charge in [0.25, 0.3) is 0 Å². The highest BCUT2D eigenvalue weighted by Gasteiger charge is 2.06. The lowest BCUT2D eigenvalue weighted by Gasteiger charge is -1.99. The van der Waals surface area contributed by atoms with Crippen molar-refractivity contribution in [3.8, 4) is 5.75 Å². The van der Waals surface area contributed by atoms with Crippen LogP contribution in [0.4, 0.5) is 0 Å². The number of nitrogens with two attached hydrogens (primary N) is 2. The predicted molar refractivity (Wildman–Crippen MR) is 42.6 cm³/mol. The van der Waals surface area contributed by atoms with Crippen LogP contribution in [0.2, 0.25) is 0 Å². The third kappa shape index (κ3) is 1.94. The Hall–Kier alpha value is -1.11. The van der Waals surface area contributed by atoms with Crippen LogP contribution in [0.1, 0.15) is 0 Å². The van der Waals surface area contributed by atoms with E-state index in [1.165, 1.54) is 24.3 Å². The molecule has 0 spiro atoms. The van der Waals surface area contributed by atoms with E-state index >= 15 is 0 Å². The zero-order valence-corrected chi connectivity index (χ0v) is 6.91. The second-order valence-electron chi connectivity index (χ2n) is 2.13. The topological polar surface area (TPSA) is 95.4 Å². The van der Waals surface area contributed by atoms with Gasteiger partial charge in [-0.2, -0.15) is 5.90 Å². The van der Waals surface area contributed by atoms with E-state index in [4.69, 9.17) is 11.0 Å². The molecular weight excluding hydrogens is 180 g/mol. The lowest BCUT2D eigenvalue weighted by molar-refractivity contribution is 0.334. The molecule has 6 heteroatoms. The molecule has 0 aliphatic heterocycles. The Morgan fingerprint density at radius 2 is 1.67 bits per heavy atom. The van der Waals surface area contributed by atoms with Gasteiger partial charge >= 0.3 is 0 Å². The van der Waals surface area contributed by atoms with E-state index < -0.39 is 10.0 Å². The summed E-state index contributed by atoms with van der Waals surface area (Å²) >= 11 is 0. The first-order valence-corrected chi connectivity index (χ1v) is 4.58. The highest BCUT2D eigenvalue weighted by molar-refractivity contribution is 7.89. The van der Waals surface area contributed by atoms with Crippen molar-refractivity contribution >= 4 is 10.0 Å². The van der Waals surface area contributed by atoms with Crippen LogP contribution in [0.5, 0.6) is 5.75 Å². The van der Waals surface area contributed by atoms with Crippen molar-refractivity contribution in [2.75, 3.05) is 0 Å². The first-order chi connectivity index (χ1) is 5.54. The number of sulfonamides is 1. The Balaban J connectivity index is 3.09. The van der Waals surface area contributed by atoms with Crippen molar-refractivity contribution < 1.29 is 13.3 Å². The zero-order chi connectivity index (χ0) is 9.19. The van der Waals surface area contributed by atoms with Crippen molar-refractivity contribution in [2.45, 2.75) is 4.90 Å². The van der Waals surface area contributed by atoms with Crippen LogP contribution in [0.15, 0.2) is 29.2 Å². The normalized spacial score (nSPS) is 11.2. The summed E-state index contributed by atoms with van der Waals surface area (Å²) < 4.78 is 21.5. The van der Waals surface area contributed by atoms with Gasteiger partial charge in [0.05, 0.1) is 4.90 Å². The Morgan fingerprint density at radius 3 is 2.00 bits per heavy atom. The summed E-state index contributed by atoms with van der Waals surface area (Å²) in [7, 11) is -3.62. The summed E-state index contributed by atoms with van der Waals surface area (Å²) in [5.74, 6) is 5.21. The fourth-order valence-corrected chi connectivity index (χ4v) is 1.22. The molecule has 4 N–H and O–H groups in total.